The summed E-state index contributed by atoms with van der Waals surface area (Å²) >= 11 is 6.30. The summed E-state index contributed by atoms with van der Waals surface area (Å²) in [6.07, 6.45) is 0.822. The molecule has 0 amide bonds. The molecular weight excluding hydrogens is 360 g/mol. The van der Waals surface area contributed by atoms with Crippen molar-refractivity contribution in [2.75, 3.05) is 5.32 Å². The van der Waals surface area contributed by atoms with Crippen molar-refractivity contribution in [1.82, 2.24) is 0 Å². The highest BCUT2D eigenvalue weighted by molar-refractivity contribution is 6.30. The van der Waals surface area contributed by atoms with Crippen LogP contribution in [0.1, 0.15) is 36.1 Å². The molecule has 1 N–H and O–H groups in total. The maximum Gasteiger partial charge on any atom is 0.269 e. The van der Waals surface area contributed by atoms with Crippen LogP contribution in [0.15, 0.2) is 72.8 Å². The molecule has 0 aliphatic carbocycles. The summed E-state index contributed by atoms with van der Waals surface area (Å²) in [5.41, 5.74) is 4.34. The number of hydrogen-bond acceptors (Lipinski definition) is 3. The quantitative estimate of drug-likeness (QED) is 0.441. The van der Waals surface area contributed by atoms with Crippen LogP contribution in [0.4, 0.5) is 11.4 Å². The number of rotatable bonds is 3. The van der Waals surface area contributed by atoms with Gasteiger partial charge in [0.15, 0.2) is 0 Å². The standard InChI is InChI=1S/C22H19ClN2O2/c1-22(16-5-3-2-4-6-16)14-21(15-7-10-18(11-8-15)25(26)27)24-20-12-9-17(23)13-19(20)22/h2-13,21,24H,14H2,1H3/t21-,22+/m0/s1. The van der Waals surface area contributed by atoms with Crippen molar-refractivity contribution >= 4 is 23.0 Å². The molecule has 0 unspecified atom stereocenters. The van der Waals surface area contributed by atoms with Crippen LogP contribution < -0.4 is 5.32 Å². The van der Waals surface area contributed by atoms with Gasteiger partial charge in [0.1, 0.15) is 0 Å². The topological polar surface area (TPSA) is 55.2 Å². The van der Waals surface area contributed by atoms with E-state index in [1.165, 1.54) is 11.1 Å². The molecule has 1 aliphatic rings. The number of nitrogens with one attached hydrogen (secondary N) is 1. The monoisotopic (exact) mass is 378 g/mol. The summed E-state index contributed by atoms with van der Waals surface area (Å²) in [5.74, 6) is 0. The van der Waals surface area contributed by atoms with E-state index in [2.05, 4.69) is 24.4 Å². The fourth-order valence-corrected chi connectivity index (χ4v) is 4.14. The second-order valence-electron chi connectivity index (χ2n) is 7.14. The number of non-ortho nitro benzene ring substituents is 1. The number of nitro benzene ring substituents is 1. The smallest absolute Gasteiger partial charge is 0.269 e. The minimum Gasteiger partial charge on any atom is -0.378 e. The Hall–Kier alpha value is -2.85. The molecule has 2 atom stereocenters. The van der Waals surface area contributed by atoms with Gasteiger partial charge in [-0.15, -0.1) is 0 Å². The molecule has 1 heterocycles. The molecule has 0 saturated carbocycles. The fourth-order valence-electron chi connectivity index (χ4n) is 3.96. The lowest BCUT2D eigenvalue weighted by Crippen LogP contribution is -2.34. The molecular formula is C22H19ClN2O2. The summed E-state index contributed by atoms with van der Waals surface area (Å²) in [4.78, 5) is 10.6. The van der Waals surface area contributed by atoms with E-state index in [1.54, 1.807) is 12.1 Å². The van der Waals surface area contributed by atoms with E-state index in [1.807, 2.05) is 48.5 Å². The largest absolute Gasteiger partial charge is 0.378 e. The number of nitrogens with zero attached hydrogens (tertiary/aromatic N) is 1. The number of benzene rings is 3. The maximum atomic E-state index is 10.9. The van der Waals surface area contributed by atoms with Crippen LogP contribution in [0.5, 0.6) is 0 Å². The molecule has 0 aromatic heterocycles. The van der Waals surface area contributed by atoms with Gasteiger partial charge in [0.2, 0.25) is 0 Å². The van der Waals surface area contributed by atoms with Crippen molar-refractivity contribution in [3.8, 4) is 0 Å². The van der Waals surface area contributed by atoms with Gasteiger partial charge in [-0.25, -0.2) is 0 Å². The van der Waals surface area contributed by atoms with Gasteiger partial charge in [-0.2, -0.15) is 0 Å². The van der Waals surface area contributed by atoms with E-state index >= 15 is 0 Å². The van der Waals surface area contributed by atoms with E-state index in [0.29, 0.717) is 5.02 Å². The maximum absolute atomic E-state index is 10.9. The van der Waals surface area contributed by atoms with Gasteiger partial charge in [-0.05, 0) is 41.3 Å². The molecule has 0 spiro atoms. The Bertz CT molecular complexity index is 989. The highest BCUT2D eigenvalue weighted by Gasteiger charge is 2.38. The van der Waals surface area contributed by atoms with E-state index in [9.17, 15) is 10.1 Å². The number of fused-ring (bicyclic) bond motifs is 1. The molecule has 1 aliphatic heterocycles. The van der Waals surface area contributed by atoms with Crippen LogP contribution in [0.25, 0.3) is 0 Å². The fraction of sp³-hybridized carbons (Fsp3) is 0.182. The van der Waals surface area contributed by atoms with Gasteiger partial charge in [-0.3, -0.25) is 10.1 Å². The Kier molecular flexibility index (Phi) is 4.36. The van der Waals surface area contributed by atoms with E-state index in [4.69, 9.17) is 11.6 Å². The van der Waals surface area contributed by atoms with Gasteiger partial charge >= 0.3 is 0 Å². The first-order chi connectivity index (χ1) is 13.0. The molecule has 3 aromatic carbocycles. The van der Waals surface area contributed by atoms with Gasteiger partial charge < -0.3 is 5.32 Å². The normalized spacial score (nSPS) is 21.2. The Morgan fingerprint density at radius 3 is 2.44 bits per heavy atom. The molecule has 0 fully saturated rings. The zero-order valence-corrected chi connectivity index (χ0v) is 15.6. The second-order valence-corrected chi connectivity index (χ2v) is 7.57. The Labute approximate surface area is 163 Å². The van der Waals surface area contributed by atoms with E-state index in [0.717, 1.165) is 17.7 Å². The lowest BCUT2D eigenvalue weighted by atomic mass is 9.68. The van der Waals surface area contributed by atoms with Crippen molar-refractivity contribution in [2.24, 2.45) is 0 Å². The summed E-state index contributed by atoms with van der Waals surface area (Å²) in [6, 6.07) is 23.2. The SMILES string of the molecule is C[C@]1(c2ccccc2)C[C@@H](c2ccc([N+](=O)[O-])cc2)Nc2ccc(Cl)cc21. The first-order valence-electron chi connectivity index (χ1n) is 8.84. The van der Waals surface area contributed by atoms with Crippen molar-refractivity contribution in [1.29, 1.82) is 0 Å². The van der Waals surface area contributed by atoms with Crippen LogP contribution >= 0.6 is 11.6 Å². The first-order valence-corrected chi connectivity index (χ1v) is 9.21. The van der Waals surface area contributed by atoms with Crippen molar-refractivity contribution < 1.29 is 4.92 Å². The predicted octanol–water partition coefficient (Wildman–Crippen LogP) is 6.11. The van der Waals surface area contributed by atoms with Crippen LogP contribution in [0, 0.1) is 10.1 Å². The molecule has 4 rings (SSSR count). The molecule has 0 saturated heterocycles. The Balaban J connectivity index is 1.80. The summed E-state index contributed by atoms with van der Waals surface area (Å²) < 4.78 is 0. The zero-order chi connectivity index (χ0) is 19.0. The third-order valence-electron chi connectivity index (χ3n) is 5.44. The molecule has 4 nitrogen and oxygen atoms in total. The molecule has 136 valence electrons. The minimum atomic E-state index is -0.372. The van der Waals surface area contributed by atoms with E-state index < -0.39 is 0 Å². The molecule has 5 heteroatoms. The molecule has 3 aromatic rings. The average Bonchev–Trinajstić information content (AvgIpc) is 2.69. The highest BCUT2D eigenvalue weighted by Crippen LogP contribution is 2.48. The first kappa shape index (κ1) is 17.6. The lowest BCUT2D eigenvalue weighted by molar-refractivity contribution is -0.384. The zero-order valence-electron chi connectivity index (χ0n) is 14.9. The van der Waals surface area contributed by atoms with Gasteiger partial charge in [0.05, 0.1) is 11.0 Å². The molecule has 0 bridgehead atoms. The van der Waals surface area contributed by atoms with Gasteiger partial charge in [-0.1, -0.05) is 61.0 Å². The number of hydrogen-bond donors (Lipinski definition) is 1. The molecule has 27 heavy (non-hydrogen) atoms. The minimum absolute atomic E-state index is 0.0460. The second kappa shape index (κ2) is 6.71. The number of halogens is 1. The van der Waals surface area contributed by atoms with Crippen LogP contribution in [-0.4, -0.2) is 4.92 Å². The highest BCUT2D eigenvalue weighted by atomic mass is 35.5. The van der Waals surface area contributed by atoms with E-state index in [-0.39, 0.29) is 22.1 Å². The summed E-state index contributed by atoms with van der Waals surface area (Å²) in [7, 11) is 0. The number of anilines is 1. The van der Waals surface area contributed by atoms with Gasteiger partial charge in [0, 0.05) is 28.3 Å². The average molecular weight is 379 g/mol. The van der Waals surface area contributed by atoms with Crippen molar-refractivity contribution in [3.63, 3.8) is 0 Å². The summed E-state index contributed by atoms with van der Waals surface area (Å²) in [6.45, 7) is 2.23. The van der Waals surface area contributed by atoms with Gasteiger partial charge in [0.25, 0.3) is 5.69 Å². The number of nitro groups is 1. The van der Waals surface area contributed by atoms with Crippen molar-refractivity contribution in [2.45, 2.75) is 24.8 Å². The van der Waals surface area contributed by atoms with Crippen molar-refractivity contribution in [3.05, 3.63) is 105 Å². The van der Waals surface area contributed by atoms with Crippen LogP contribution in [0.2, 0.25) is 5.02 Å². The Morgan fingerprint density at radius 2 is 1.78 bits per heavy atom. The third-order valence-corrected chi connectivity index (χ3v) is 5.67. The predicted molar refractivity (Wildman–Crippen MR) is 108 cm³/mol. The summed E-state index contributed by atoms with van der Waals surface area (Å²) in [5, 5.41) is 15.2. The molecule has 0 radical (unpaired) electrons. The van der Waals surface area contributed by atoms with Crippen LogP contribution in [-0.2, 0) is 5.41 Å². The third kappa shape index (κ3) is 3.17. The van der Waals surface area contributed by atoms with Crippen LogP contribution in [0.3, 0.4) is 0 Å². The Morgan fingerprint density at radius 1 is 1.07 bits per heavy atom. The lowest BCUT2D eigenvalue weighted by Gasteiger charge is -2.42.